The van der Waals surface area contributed by atoms with Gasteiger partial charge < -0.3 is 10.1 Å². The lowest BCUT2D eigenvalue weighted by atomic mass is 10.2. The average Bonchev–Trinajstić information content (AvgIpc) is 2.54. The number of carbonyl (C=O) groups excluding carboxylic acids is 1. The van der Waals surface area contributed by atoms with E-state index in [9.17, 15) is 13.2 Å². The quantitative estimate of drug-likeness (QED) is 0.776. The molecule has 0 bridgehead atoms. The van der Waals surface area contributed by atoms with E-state index in [2.05, 4.69) is 10.0 Å². The second-order valence-corrected chi connectivity index (χ2v) is 7.86. The molecular formula is C16H16Cl2N2O4S. The van der Waals surface area contributed by atoms with Crippen molar-refractivity contribution in [3.05, 3.63) is 52.0 Å². The van der Waals surface area contributed by atoms with Crippen LogP contribution in [-0.4, -0.2) is 28.0 Å². The first-order chi connectivity index (χ1) is 11.7. The lowest BCUT2D eigenvalue weighted by molar-refractivity contribution is -0.118. The third kappa shape index (κ3) is 5.34. The van der Waals surface area contributed by atoms with Gasteiger partial charge in [-0.15, -0.1) is 0 Å². The Morgan fingerprint density at radius 3 is 2.36 bits per heavy atom. The van der Waals surface area contributed by atoms with Crippen molar-refractivity contribution in [3.8, 4) is 5.75 Å². The monoisotopic (exact) mass is 402 g/mol. The molecule has 0 spiro atoms. The molecule has 1 amide bonds. The third-order valence-corrected chi connectivity index (χ3v) is 5.23. The van der Waals surface area contributed by atoms with Crippen LogP contribution in [0.4, 0.5) is 5.69 Å². The highest BCUT2D eigenvalue weighted by atomic mass is 35.5. The topological polar surface area (TPSA) is 84.5 Å². The molecule has 9 heteroatoms. The zero-order valence-electron chi connectivity index (χ0n) is 13.5. The number of anilines is 1. The number of nitrogens with one attached hydrogen (secondary N) is 2. The second-order valence-electron chi connectivity index (χ2n) is 5.13. The Balaban J connectivity index is 2.07. The molecule has 134 valence electrons. The Bertz CT molecular complexity index is 881. The van der Waals surface area contributed by atoms with Gasteiger partial charge in [0.1, 0.15) is 5.75 Å². The molecule has 0 unspecified atom stereocenters. The molecule has 2 N–H and O–H groups in total. The molecule has 25 heavy (non-hydrogen) atoms. The summed E-state index contributed by atoms with van der Waals surface area (Å²) in [5, 5.41) is 3.37. The highest BCUT2D eigenvalue weighted by Crippen LogP contribution is 2.24. The van der Waals surface area contributed by atoms with Crippen molar-refractivity contribution < 1.29 is 17.9 Å². The number of benzene rings is 2. The molecule has 0 saturated carbocycles. The van der Waals surface area contributed by atoms with Gasteiger partial charge in [-0.25, -0.2) is 13.1 Å². The molecule has 0 aliphatic carbocycles. The third-order valence-electron chi connectivity index (χ3n) is 3.24. The molecule has 2 aromatic rings. The minimum atomic E-state index is -3.61. The fraction of sp³-hybridized carbons (Fsp3) is 0.188. The maximum absolute atomic E-state index is 12.0. The van der Waals surface area contributed by atoms with E-state index in [1.54, 1.807) is 25.1 Å². The first-order valence-electron chi connectivity index (χ1n) is 7.14. The summed E-state index contributed by atoms with van der Waals surface area (Å²) < 4.78 is 31.5. The number of rotatable bonds is 6. The van der Waals surface area contributed by atoms with E-state index < -0.39 is 15.9 Å². The second kappa shape index (κ2) is 8.05. The molecule has 0 saturated heterocycles. The van der Waals surface area contributed by atoms with Gasteiger partial charge in [-0.1, -0.05) is 29.3 Å². The number of halogens is 2. The van der Waals surface area contributed by atoms with Crippen LogP contribution in [0.1, 0.15) is 5.56 Å². The maximum atomic E-state index is 12.0. The zero-order valence-corrected chi connectivity index (χ0v) is 15.8. The van der Waals surface area contributed by atoms with Crippen molar-refractivity contribution in [1.29, 1.82) is 0 Å². The molecule has 2 rings (SSSR count). The lowest BCUT2D eigenvalue weighted by Gasteiger charge is -2.11. The highest BCUT2D eigenvalue weighted by Gasteiger charge is 2.16. The first kappa shape index (κ1) is 19.5. The Morgan fingerprint density at radius 2 is 1.76 bits per heavy atom. The van der Waals surface area contributed by atoms with Crippen LogP contribution in [0.2, 0.25) is 10.0 Å². The average molecular weight is 403 g/mol. The summed E-state index contributed by atoms with van der Waals surface area (Å²) in [6.07, 6.45) is 0. The number of ether oxygens (including phenoxy) is 1. The number of aryl methyl sites for hydroxylation is 1. The summed E-state index contributed by atoms with van der Waals surface area (Å²) in [7, 11) is -2.29. The molecule has 0 aliphatic rings. The fourth-order valence-corrected chi connectivity index (χ4v) is 3.54. The number of hydrogen-bond donors (Lipinski definition) is 2. The molecular weight excluding hydrogens is 387 g/mol. The zero-order chi connectivity index (χ0) is 18.6. The van der Waals surface area contributed by atoms with Gasteiger partial charge in [-0.05, 0) is 49.9 Å². The lowest BCUT2D eigenvalue weighted by Crippen LogP contribution is -2.22. The van der Waals surface area contributed by atoms with E-state index in [4.69, 9.17) is 27.9 Å². The van der Waals surface area contributed by atoms with Crippen LogP contribution in [0.25, 0.3) is 0 Å². The van der Waals surface area contributed by atoms with Gasteiger partial charge in [0, 0.05) is 15.7 Å². The van der Waals surface area contributed by atoms with E-state index in [0.29, 0.717) is 27.0 Å². The van der Waals surface area contributed by atoms with Gasteiger partial charge in [-0.3, -0.25) is 4.79 Å². The van der Waals surface area contributed by atoms with Crippen molar-refractivity contribution in [1.82, 2.24) is 4.72 Å². The Labute approximate surface area is 156 Å². The van der Waals surface area contributed by atoms with Gasteiger partial charge in [-0.2, -0.15) is 0 Å². The molecule has 0 aliphatic heterocycles. The van der Waals surface area contributed by atoms with Crippen molar-refractivity contribution in [2.24, 2.45) is 0 Å². The Kier molecular flexibility index (Phi) is 6.29. The van der Waals surface area contributed by atoms with E-state index in [1.165, 1.54) is 25.2 Å². The summed E-state index contributed by atoms with van der Waals surface area (Å²) in [4.78, 5) is 12.1. The van der Waals surface area contributed by atoms with E-state index >= 15 is 0 Å². The number of amides is 1. The minimum Gasteiger partial charge on any atom is -0.484 e. The molecule has 0 heterocycles. The van der Waals surface area contributed by atoms with Crippen LogP contribution in [0.5, 0.6) is 5.75 Å². The van der Waals surface area contributed by atoms with Crippen LogP contribution in [-0.2, 0) is 14.8 Å². The smallest absolute Gasteiger partial charge is 0.262 e. The summed E-state index contributed by atoms with van der Waals surface area (Å²) in [6, 6.07) is 9.21. The van der Waals surface area contributed by atoms with Crippen LogP contribution >= 0.6 is 23.2 Å². The van der Waals surface area contributed by atoms with Gasteiger partial charge in [0.05, 0.1) is 4.90 Å². The van der Waals surface area contributed by atoms with Gasteiger partial charge >= 0.3 is 0 Å². The van der Waals surface area contributed by atoms with Crippen molar-refractivity contribution in [2.45, 2.75) is 11.8 Å². The maximum Gasteiger partial charge on any atom is 0.262 e. The van der Waals surface area contributed by atoms with Gasteiger partial charge in [0.25, 0.3) is 5.91 Å². The molecule has 0 aromatic heterocycles. The summed E-state index contributed by atoms with van der Waals surface area (Å²) in [6.45, 7) is 1.39. The first-order valence-corrected chi connectivity index (χ1v) is 9.38. The number of hydrogen-bond acceptors (Lipinski definition) is 4. The number of carbonyl (C=O) groups is 1. The van der Waals surface area contributed by atoms with E-state index in [1.807, 2.05) is 0 Å². The predicted octanol–water partition coefficient (Wildman–Crippen LogP) is 3.23. The van der Waals surface area contributed by atoms with Gasteiger partial charge in [0.15, 0.2) is 6.61 Å². The highest BCUT2D eigenvalue weighted by molar-refractivity contribution is 7.89. The van der Waals surface area contributed by atoms with Crippen LogP contribution in [0.15, 0.2) is 41.3 Å². The van der Waals surface area contributed by atoms with Crippen LogP contribution in [0, 0.1) is 6.92 Å². The summed E-state index contributed by atoms with van der Waals surface area (Å²) >= 11 is 11.7. The van der Waals surface area contributed by atoms with E-state index in [0.717, 1.165) is 0 Å². The largest absolute Gasteiger partial charge is 0.484 e. The summed E-state index contributed by atoms with van der Waals surface area (Å²) in [5.74, 6) is -0.0947. The SMILES string of the molecule is CNS(=O)(=O)c1cc(NC(=O)COc2cc(Cl)cc(Cl)c2)ccc1C. The minimum absolute atomic E-state index is 0.0929. The van der Waals surface area contributed by atoms with Crippen LogP contribution in [0.3, 0.4) is 0 Å². The number of sulfonamides is 1. The predicted molar refractivity (Wildman–Crippen MR) is 98.0 cm³/mol. The van der Waals surface area contributed by atoms with Gasteiger partial charge in [0.2, 0.25) is 10.0 Å². The Morgan fingerprint density at radius 1 is 1.12 bits per heavy atom. The van der Waals surface area contributed by atoms with E-state index in [-0.39, 0.29) is 11.5 Å². The Hall–Kier alpha value is -1.80. The molecule has 0 atom stereocenters. The van der Waals surface area contributed by atoms with Crippen molar-refractivity contribution in [3.63, 3.8) is 0 Å². The standard InChI is InChI=1S/C16H16Cl2N2O4S/c1-10-3-4-13(8-15(10)25(22,23)19-2)20-16(21)9-24-14-6-11(17)5-12(18)7-14/h3-8,19H,9H2,1-2H3,(H,20,21). The normalized spacial score (nSPS) is 11.2. The molecule has 6 nitrogen and oxygen atoms in total. The fourth-order valence-electron chi connectivity index (χ4n) is 2.04. The van der Waals surface area contributed by atoms with Crippen molar-refractivity contribution >= 4 is 44.8 Å². The molecule has 0 fully saturated rings. The van der Waals surface area contributed by atoms with Crippen molar-refractivity contribution in [2.75, 3.05) is 19.0 Å². The summed E-state index contributed by atoms with van der Waals surface area (Å²) in [5.41, 5.74) is 0.911. The van der Waals surface area contributed by atoms with Crippen LogP contribution < -0.4 is 14.8 Å². The molecule has 2 aromatic carbocycles. The molecule has 0 radical (unpaired) electrons.